The quantitative estimate of drug-likeness (QED) is 0.602. The molecule has 0 bridgehead atoms. The summed E-state index contributed by atoms with van der Waals surface area (Å²) in [5.41, 5.74) is 6.12. The molecule has 1 aromatic rings. The van der Waals surface area contributed by atoms with Crippen molar-refractivity contribution in [2.45, 2.75) is 32.9 Å². The molecule has 0 radical (unpaired) electrons. The molecule has 0 fully saturated rings. The van der Waals surface area contributed by atoms with Crippen molar-refractivity contribution >= 4 is 11.8 Å². The molecule has 0 saturated carbocycles. The van der Waals surface area contributed by atoms with E-state index >= 15 is 0 Å². The molecule has 2 amide bonds. The number of amides is 2. The molecule has 0 aromatic carbocycles. The van der Waals surface area contributed by atoms with Crippen molar-refractivity contribution in [1.29, 1.82) is 0 Å². The predicted molar refractivity (Wildman–Crippen MR) is 87.3 cm³/mol. The van der Waals surface area contributed by atoms with E-state index in [9.17, 15) is 9.59 Å². The normalized spacial score (nSPS) is 13.4. The topological polar surface area (TPSA) is 106 Å². The van der Waals surface area contributed by atoms with Gasteiger partial charge in [0.05, 0.1) is 5.54 Å². The highest BCUT2D eigenvalue weighted by molar-refractivity contribution is 5.80. The lowest BCUT2D eigenvalue weighted by molar-refractivity contribution is -0.132. The van der Waals surface area contributed by atoms with Gasteiger partial charge in [0.1, 0.15) is 13.2 Å². The zero-order valence-electron chi connectivity index (χ0n) is 14.0. The van der Waals surface area contributed by atoms with E-state index in [1.807, 2.05) is 26.8 Å². The second kappa shape index (κ2) is 9.22. The molecule has 0 spiro atoms. The molecule has 0 aliphatic rings. The predicted octanol–water partition coefficient (Wildman–Crippen LogP) is 0.204. The van der Waals surface area contributed by atoms with E-state index < -0.39 is 5.54 Å². The number of ether oxygens (including phenoxy) is 1. The summed E-state index contributed by atoms with van der Waals surface area (Å²) in [4.78, 5) is 27.4. The molecule has 23 heavy (non-hydrogen) atoms. The molecule has 1 rings (SSSR count). The van der Waals surface area contributed by atoms with Gasteiger partial charge in [-0.25, -0.2) is 0 Å². The summed E-state index contributed by atoms with van der Waals surface area (Å²) < 4.78 is 5.14. The minimum Gasteiger partial charge on any atom is -0.362 e. The fraction of sp³-hybridized carbons (Fsp3) is 0.562. The minimum atomic E-state index is -0.483. The fourth-order valence-corrected chi connectivity index (χ4v) is 1.78. The minimum absolute atomic E-state index is 0.172. The molecule has 0 aliphatic heterocycles. The third-order valence-corrected chi connectivity index (χ3v) is 3.80. The number of nitrogens with zero attached hydrogens (tertiary/aromatic N) is 1. The zero-order valence-corrected chi connectivity index (χ0v) is 14.0. The summed E-state index contributed by atoms with van der Waals surface area (Å²) in [5, 5.41) is 5.54. The van der Waals surface area contributed by atoms with Gasteiger partial charge in [-0.05, 0) is 24.5 Å². The molecular weight excluding hydrogens is 296 g/mol. The van der Waals surface area contributed by atoms with Crippen molar-refractivity contribution in [1.82, 2.24) is 15.6 Å². The number of carbonyl (C=O) groups excluding carboxylic acids is 2. The van der Waals surface area contributed by atoms with Crippen molar-refractivity contribution in [3.8, 4) is 0 Å². The van der Waals surface area contributed by atoms with Gasteiger partial charge in [0.2, 0.25) is 11.8 Å². The number of rotatable bonds is 9. The number of carbonyl (C=O) groups is 2. The SMILES string of the molecule is CC(C)C(C)(CN)NC(=O)COCC(=O)NCc1cccnc1. The van der Waals surface area contributed by atoms with E-state index in [2.05, 4.69) is 15.6 Å². The molecule has 7 nitrogen and oxygen atoms in total. The standard InChI is InChI=1S/C16H26N4O3/c1-12(2)16(3,11-17)20-15(22)10-23-9-14(21)19-8-13-5-4-6-18-7-13/h4-7,12H,8-11,17H2,1-3H3,(H,19,21)(H,20,22). The maximum Gasteiger partial charge on any atom is 0.246 e. The summed E-state index contributed by atoms with van der Waals surface area (Å²) in [6.45, 7) is 6.22. The lowest BCUT2D eigenvalue weighted by Gasteiger charge is -2.33. The van der Waals surface area contributed by atoms with Crippen LogP contribution in [0.4, 0.5) is 0 Å². The fourth-order valence-electron chi connectivity index (χ4n) is 1.78. The van der Waals surface area contributed by atoms with Crippen molar-refractivity contribution in [3.63, 3.8) is 0 Å². The average Bonchev–Trinajstić information content (AvgIpc) is 2.53. The molecule has 1 heterocycles. The van der Waals surface area contributed by atoms with Crippen LogP contribution in [0.1, 0.15) is 26.3 Å². The maximum absolute atomic E-state index is 11.9. The number of hydrogen-bond acceptors (Lipinski definition) is 5. The number of pyridine rings is 1. The van der Waals surface area contributed by atoms with E-state index in [4.69, 9.17) is 10.5 Å². The Balaban J connectivity index is 2.25. The van der Waals surface area contributed by atoms with E-state index in [0.717, 1.165) is 5.56 Å². The van der Waals surface area contributed by atoms with Crippen LogP contribution in [0.5, 0.6) is 0 Å². The van der Waals surface area contributed by atoms with Gasteiger partial charge >= 0.3 is 0 Å². The smallest absolute Gasteiger partial charge is 0.246 e. The Bertz CT molecular complexity index is 507. The lowest BCUT2D eigenvalue weighted by Crippen LogP contribution is -2.55. The second-order valence-electron chi connectivity index (χ2n) is 5.96. The summed E-state index contributed by atoms with van der Waals surface area (Å²) in [5.74, 6) is -0.377. The Labute approximate surface area is 137 Å². The van der Waals surface area contributed by atoms with Gasteiger partial charge in [-0.3, -0.25) is 14.6 Å². The number of hydrogen-bond donors (Lipinski definition) is 3. The van der Waals surface area contributed by atoms with Crippen molar-refractivity contribution in [2.24, 2.45) is 11.7 Å². The first-order valence-electron chi connectivity index (χ1n) is 7.62. The van der Waals surface area contributed by atoms with Crippen molar-refractivity contribution in [3.05, 3.63) is 30.1 Å². The molecule has 0 aliphatic carbocycles. The van der Waals surface area contributed by atoms with E-state index in [1.54, 1.807) is 18.5 Å². The molecule has 1 atom stereocenters. The Morgan fingerprint density at radius 2 is 2.04 bits per heavy atom. The van der Waals surface area contributed by atoms with Crippen LogP contribution in [0.3, 0.4) is 0 Å². The van der Waals surface area contributed by atoms with Crippen molar-refractivity contribution in [2.75, 3.05) is 19.8 Å². The van der Waals surface area contributed by atoms with Gasteiger partial charge in [0.15, 0.2) is 0 Å². The molecule has 128 valence electrons. The van der Waals surface area contributed by atoms with Crippen LogP contribution >= 0.6 is 0 Å². The number of aromatic nitrogens is 1. The Hall–Kier alpha value is -1.99. The summed E-state index contributed by atoms with van der Waals surface area (Å²) in [6, 6.07) is 3.66. The summed E-state index contributed by atoms with van der Waals surface area (Å²) in [6.07, 6.45) is 3.34. The van der Waals surface area contributed by atoms with E-state index in [1.165, 1.54) is 0 Å². The van der Waals surface area contributed by atoms with E-state index in [-0.39, 0.29) is 30.9 Å². The second-order valence-corrected chi connectivity index (χ2v) is 5.96. The highest BCUT2D eigenvalue weighted by atomic mass is 16.5. The van der Waals surface area contributed by atoms with Crippen LogP contribution < -0.4 is 16.4 Å². The van der Waals surface area contributed by atoms with Crippen LogP contribution in [0, 0.1) is 5.92 Å². The largest absolute Gasteiger partial charge is 0.362 e. The first-order chi connectivity index (χ1) is 10.9. The van der Waals surface area contributed by atoms with Gasteiger partial charge in [-0.2, -0.15) is 0 Å². The van der Waals surface area contributed by atoms with Gasteiger partial charge in [-0.15, -0.1) is 0 Å². The van der Waals surface area contributed by atoms with Gasteiger partial charge in [0, 0.05) is 25.5 Å². The summed E-state index contributed by atoms with van der Waals surface area (Å²) in [7, 11) is 0. The van der Waals surface area contributed by atoms with Crippen LogP contribution in [0.2, 0.25) is 0 Å². The number of nitrogens with one attached hydrogen (secondary N) is 2. The monoisotopic (exact) mass is 322 g/mol. The molecular formula is C16H26N4O3. The Morgan fingerprint density at radius 3 is 2.61 bits per heavy atom. The lowest BCUT2D eigenvalue weighted by atomic mass is 9.88. The highest BCUT2D eigenvalue weighted by Crippen LogP contribution is 2.14. The first kappa shape index (κ1) is 19.1. The number of nitrogens with two attached hydrogens (primary N) is 1. The first-order valence-corrected chi connectivity index (χ1v) is 7.62. The van der Waals surface area contributed by atoms with Crippen LogP contribution in [-0.4, -0.2) is 42.1 Å². The molecule has 4 N–H and O–H groups in total. The van der Waals surface area contributed by atoms with E-state index in [0.29, 0.717) is 13.1 Å². The average molecular weight is 322 g/mol. The summed E-state index contributed by atoms with van der Waals surface area (Å²) >= 11 is 0. The third kappa shape index (κ3) is 6.75. The Morgan fingerprint density at radius 1 is 1.35 bits per heavy atom. The van der Waals surface area contributed by atoms with Crippen LogP contribution in [0.25, 0.3) is 0 Å². The zero-order chi connectivity index (χ0) is 17.3. The van der Waals surface area contributed by atoms with Gasteiger partial charge in [0.25, 0.3) is 0 Å². The van der Waals surface area contributed by atoms with Gasteiger partial charge < -0.3 is 21.1 Å². The molecule has 1 unspecified atom stereocenters. The third-order valence-electron chi connectivity index (χ3n) is 3.80. The molecule has 0 saturated heterocycles. The van der Waals surface area contributed by atoms with Crippen LogP contribution in [-0.2, 0) is 20.9 Å². The van der Waals surface area contributed by atoms with Crippen LogP contribution in [0.15, 0.2) is 24.5 Å². The van der Waals surface area contributed by atoms with Crippen molar-refractivity contribution < 1.29 is 14.3 Å². The Kier molecular flexibility index (Phi) is 7.64. The molecule has 7 heteroatoms. The maximum atomic E-state index is 11.9. The van der Waals surface area contributed by atoms with Gasteiger partial charge in [-0.1, -0.05) is 19.9 Å². The highest BCUT2D eigenvalue weighted by Gasteiger charge is 2.28. The molecule has 1 aromatic heterocycles.